The molecule has 0 bridgehead atoms. The van der Waals surface area contributed by atoms with Crippen LogP contribution in [-0.4, -0.2) is 69.1 Å². The summed E-state index contributed by atoms with van der Waals surface area (Å²) in [4.78, 5) is 47.4. The van der Waals surface area contributed by atoms with E-state index in [9.17, 15) is 19.5 Å². The molecule has 3 fully saturated rings. The van der Waals surface area contributed by atoms with Gasteiger partial charge >= 0.3 is 17.9 Å². The molecule has 4 heterocycles. The van der Waals surface area contributed by atoms with Gasteiger partial charge in [0.15, 0.2) is 0 Å². The van der Waals surface area contributed by atoms with Crippen LogP contribution in [-0.2, 0) is 23.7 Å². The van der Waals surface area contributed by atoms with Gasteiger partial charge in [0.05, 0.1) is 17.5 Å². The summed E-state index contributed by atoms with van der Waals surface area (Å²) in [5, 5.41) is 12.4. The van der Waals surface area contributed by atoms with Crippen LogP contribution in [0.2, 0.25) is 0 Å². The fraction of sp³-hybridized carbons (Fsp3) is 0.531. The van der Waals surface area contributed by atoms with Crippen molar-refractivity contribution in [1.29, 1.82) is 0 Å². The van der Waals surface area contributed by atoms with Gasteiger partial charge in [-0.15, -0.1) is 0 Å². The van der Waals surface area contributed by atoms with E-state index in [1.807, 2.05) is 20.8 Å². The molecule has 6 rings (SSSR count). The van der Waals surface area contributed by atoms with Gasteiger partial charge in [0.2, 0.25) is 0 Å². The molecule has 2 aromatic heterocycles. The van der Waals surface area contributed by atoms with Gasteiger partial charge in [0.1, 0.15) is 36.1 Å². The molecule has 2 saturated heterocycles. The molecule has 1 unspecified atom stereocenters. The second kappa shape index (κ2) is 9.98. The molecule has 0 aromatic carbocycles. The molecular weight excluding hydrogens is 540 g/mol. The predicted molar refractivity (Wildman–Crippen MR) is 148 cm³/mol. The van der Waals surface area contributed by atoms with Crippen molar-refractivity contribution in [3.8, 4) is 0 Å². The fourth-order valence-electron chi connectivity index (χ4n) is 8.12. The minimum Gasteiger partial charge on any atom is -0.462 e. The number of carbonyl (C=O) groups excluding carboxylic acids is 3. The van der Waals surface area contributed by atoms with E-state index in [-0.39, 0.29) is 30.9 Å². The van der Waals surface area contributed by atoms with Gasteiger partial charge in [-0.1, -0.05) is 25.5 Å². The van der Waals surface area contributed by atoms with Crippen LogP contribution >= 0.6 is 0 Å². The number of pyridine rings is 2. The lowest BCUT2D eigenvalue weighted by molar-refractivity contribution is -0.361. The van der Waals surface area contributed by atoms with Crippen LogP contribution in [0.1, 0.15) is 74.1 Å². The van der Waals surface area contributed by atoms with Crippen LogP contribution in [0.4, 0.5) is 0 Å². The zero-order valence-corrected chi connectivity index (χ0v) is 24.2. The normalized spacial score (nSPS) is 39.0. The number of aliphatic hydroxyl groups is 1. The SMILES string of the molecule is CC1=CCCC2[C@@]1(C)[C@@H](OC(=O)c1cccnc1)[C@H](O)[C@]1(C)O[C@]3(COC(=O)C3)C[C@H](OC(=O)c3cccnc3)[C@]21C. The third kappa shape index (κ3) is 4.10. The van der Waals surface area contributed by atoms with Crippen LogP contribution in [0.5, 0.6) is 0 Å². The van der Waals surface area contributed by atoms with Crippen LogP contribution < -0.4 is 0 Å². The van der Waals surface area contributed by atoms with Crippen molar-refractivity contribution < 1.29 is 38.4 Å². The number of carbonyl (C=O) groups is 3. The molecule has 1 saturated carbocycles. The Labute approximate surface area is 244 Å². The minimum atomic E-state index is -1.40. The number of hydrogen-bond donors (Lipinski definition) is 1. The summed E-state index contributed by atoms with van der Waals surface area (Å²) >= 11 is 0. The predicted octanol–water partition coefficient (Wildman–Crippen LogP) is 3.84. The molecule has 2 aliphatic heterocycles. The van der Waals surface area contributed by atoms with Crippen molar-refractivity contribution in [3.63, 3.8) is 0 Å². The highest BCUT2D eigenvalue weighted by Crippen LogP contribution is 2.68. The van der Waals surface area contributed by atoms with Gasteiger partial charge < -0.3 is 24.1 Å². The summed E-state index contributed by atoms with van der Waals surface area (Å²) in [6, 6.07) is 6.56. The number of rotatable bonds is 4. The van der Waals surface area contributed by atoms with Crippen LogP contribution in [0, 0.1) is 16.7 Å². The first-order chi connectivity index (χ1) is 19.9. The number of aromatic nitrogens is 2. The number of fused-ring (bicyclic) bond motifs is 3. The van der Waals surface area contributed by atoms with Gasteiger partial charge in [-0.2, -0.15) is 0 Å². The van der Waals surface area contributed by atoms with Crippen LogP contribution in [0.15, 0.2) is 60.7 Å². The van der Waals surface area contributed by atoms with Gasteiger partial charge in [-0.25, -0.2) is 9.59 Å². The average Bonchev–Trinajstić information content (AvgIpc) is 3.34. The highest BCUT2D eigenvalue weighted by atomic mass is 16.6. The van der Waals surface area contributed by atoms with Crippen LogP contribution in [0.25, 0.3) is 0 Å². The molecule has 1 spiro atoms. The fourth-order valence-corrected chi connectivity index (χ4v) is 8.12. The average molecular weight is 577 g/mol. The van der Waals surface area contributed by atoms with Crippen molar-refractivity contribution in [2.75, 3.05) is 6.61 Å². The van der Waals surface area contributed by atoms with E-state index in [2.05, 4.69) is 16.0 Å². The van der Waals surface area contributed by atoms with E-state index >= 15 is 0 Å². The summed E-state index contributed by atoms with van der Waals surface area (Å²) in [7, 11) is 0. The molecule has 2 aliphatic carbocycles. The topological polar surface area (TPSA) is 134 Å². The standard InChI is InChI=1S/C32H36N2O8/c1-19-8-5-11-22-29(19,2)26(41-28(38)21-10-7-13-34-17-21)25(36)31(4)30(22,3)23(14-32(42-31)15-24(35)39-18-32)40-27(37)20-9-6-12-33-16-20/h6-10,12-13,16-17,22-23,25-26,36H,5,11,14-15,18H2,1-4H3/t22?,23-,25-,26-,29-,30-,31-,32+/m0/s1. The molecule has 4 aliphatic rings. The first-order valence-electron chi connectivity index (χ1n) is 14.4. The monoisotopic (exact) mass is 576 g/mol. The largest absolute Gasteiger partial charge is 0.462 e. The van der Waals surface area contributed by atoms with E-state index in [4.69, 9.17) is 18.9 Å². The minimum absolute atomic E-state index is 0.0355. The Kier molecular flexibility index (Phi) is 6.77. The molecule has 8 atom stereocenters. The number of hydrogen-bond acceptors (Lipinski definition) is 10. The number of aliphatic hydroxyl groups excluding tert-OH is 1. The second-order valence-corrected chi connectivity index (χ2v) is 12.7. The van der Waals surface area contributed by atoms with Gasteiger partial charge in [-0.3, -0.25) is 14.8 Å². The summed E-state index contributed by atoms with van der Waals surface area (Å²) in [6.07, 6.45) is 6.61. The Bertz CT molecular complexity index is 1430. The summed E-state index contributed by atoms with van der Waals surface area (Å²) in [5.74, 6) is -1.83. The van der Waals surface area contributed by atoms with E-state index in [1.54, 1.807) is 43.6 Å². The lowest BCUT2D eigenvalue weighted by Crippen LogP contribution is -2.79. The molecule has 42 heavy (non-hydrogen) atoms. The Balaban J connectivity index is 1.47. The molecule has 222 valence electrons. The van der Waals surface area contributed by atoms with E-state index in [0.29, 0.717) is 12.0 Å². The first kappa shape index (κ1) is 28.5. The number of cyclic esters (lactones) is 1. The van der Waals surface area contributed by atoms with E-state index < -0.39 is 58.3 Å². The Morgan fingerprint density at radius 1 is 1.02 bits per heavy atom. The molecule has 10 heteroatoms. The molecule has 10 nitrogen and oxygen atoms in total. The molecule has 0 radical (unpaired) electrons. The highest BCUT2D eigenvalue weighted by molar-refractivity contribution is 5.89. The Morgan fingerprint density at radius 2 is 1.67 bits per heavy atom. The van der Waals surface area contributed by atoms with Crippen molar-refractivity contribution in [2.45, 2.75) is 82.9 Å². The first-order valence-corrected chi connectivity index (χ1v) is 14.4. The van der Waals surface area contributed by atoms with Gasteiger partial charge in [-0.05, 0) is 56.9 Å². The molecule has 1 N–H and O–H groups in total. The molecule has 2 aromatic rings. The number of nitrogens with zero attached hydrogens (tertiary/aromatic N) is 2. The maximum atomic E-state index is 13.5. The number of ether oxygens (including phenoxy) is 4. The Hall–Kier alpha value is -3.63. The zero-order chi connectivity index (χ0) is 29.9. The molecular formula is C32H36N2O8. The summed E-state index contributed by atoms with van der Waals surface area (Å²) in [5.41, 5.74) is -2.77. The second-order valence-electron chi connectivity index (χ2n) is 12.7. The summed E-state index contributed by atoms with van der Waals surface area (Å²) < 4.78 is 24.7. The number of allylic oxidation sites excluding steroid dienone is 1. The summed E-state index contributed by atoms with van der Waals surface area (Å²) in [6.45, 7) is 7.73. The molecule has 0 amide bonds. The van der Waals surface area contributed by atoms with Gasteiger partial charge in [0, 0.05) is 42.0 Å². The van der Waals surface area contributed by atoms with Crippen molar-refractivity contribution in [3.05, 3.63) is 71.8 Å². The lowest BCUT2D eigenvalue weighted by atomic mass is 9.41. The van der Waals surface area contributed by atoms with E-state index in [1.165, 1.54) is 12.4 Å². The quantitative estimate of drug-likeness (QED) is 0.325. The van der Waals surface area contributed by atoms with Crippen molar-refractivity contribution in [1.82, 2.24) is 9.97 Å². The smallest absolute Gasteiger partial charge is 0.340 e. The third-order valence-corrected chi connectivity index (χ3v) is 10.6. The van der Waals surface area contributed by atoms with Crippen LogP contribution in [0.3, 0.4) is 0 Å². The van der Waals surface area contributed by atoms with Crippen molar-refractivity contribution in [2.24, 2.45) is 16.7 Å². The maximum Gasteiger partial charge on any atom is 0.340 e. The maximum absolute atomic E-state index is 13.5. The third-order valence-electron chi connectivity index (χ3n) is 10.6. The van der Waals surface area contributed by atoms with Gasteiger partial charge in [0.25, 0.3) is 0 Å². The Morgan fingerprint density at radius 3 is 2.24 bits per heavy atom. The zero-order valence-electron chi connectivity index (χ0n) is 24.2. The highest BCUT2D eigenvalue weighted by Gasteiger charge is 2.76. The van der Waals surface area contributed by atoms with Crippen molar-refractivity contribution >= 4 is 17.9 Å². The lowest BCUT2D eigenvalue weighted by Gasteiger charge is -2.70. The van der Waals surface area contributed by atoms with E-state index in [0.717, 1.165) is 12.0 Å². The number of esters is 3.